The third-order valence-corrected chi connectivity index (χ3v) is 11.5. The average Bonchev–Trinajstić information content (AvgIpc) is 3.19. The number of carbonyl (C=O) groups is 3. The third kappa shape index (κ3) is 45.3. The summed E-state index contributed by atoms with van der Waals surface area (Å²) in [6.45, 7) is 8.95. The number of ether oxygens (including phenoxy) is 3. The molecule has 0 fully saturated rings. The molecule has 0 aromatic heterocycles. The van der Waals surface area contributed by atoms with Gasteiger partial charge in [-0.3, -0.25) is 14.4 Å². The first-order valence-corrected chi connectivity index (χ1v) is 25.4. The molecule has 0 aromatic rings. The van der Waals surface area contributed by atoms with Crippen molar-refractivity contribution in [2.24, 2.45) is 5.92 Å². The van der Waals surface area contributed by atoms with Crippen LogP contribution in [0.15, 0.2) is 0 Å². The van der Waals surface area contributed by atoms with E-state index in [1.54, 1.807) is 0 Å². The maximum atomic E-state index is 12.8. The second-order valence-electron chi connectivity index (χ2n) is 17.9. The van der Waals surface area contributed by atoms with Crippen LogP contribution in [0.3, 0.4) is 0 Å². The minimum Gasteiger partial charge on any atom is -0.462 e. The number of rotatable bonds is 46. The first-order valence-electron chi connectivity index (χ1n) is 25.4. The van der Waals surface area contributed by atoms with Gasteiger partial charge in [0, 0.05) is 19.3 Å². The molecule has 0 aliphatic rings. The van der Waals surface area contributed by atoms with Crippen LogP contribution < -0.4 is 0 Å². The maximum absolute atomic E-state index is 12.8. The van der Waals surface area contributed by atoms with E-state index >= 15 is 0 Å². The van der Waals surface area contributed by atoms with Crippen molar-refractivity contribution in [2.45, 2.75) is 291 Å². The monoisotopic (exact) mass is 807 g/mol. The van der Waals surface area contributed by atoms with Crippen molar-refractivity contribution in [3.63, 3.8) is 0 Å². The predicted molar refractivity (Wildman–Crippen MR) is 243 cm³/mol. The van der Waals surface area contributed by atoms with E-state index in [0.717, 1.165) is 63.7 Å². The zero-order valence-corrected chi connectivity index (χ0v) is 38.8. The van der Waals surface area contributed by atoms with Crippen LogP contribution in [0.25, 0.3) is 0 Å². The van der Waals surface area contributed by atoms with E-state index in [9.17, 15) is 14.4 Å². The van der Waals surface area contributed by atoms with Crippen molar-refractivity contribution in [1.29, 1.82) is 0 Å². The summed E-state index contributed by atoms with van der Waals surface area (Å²) in [6.07, 6.45) is 46.7. The molecule has 0 radical (unpaired) electrons. The van der Waals surface area contributed by atoms with Crippen LogP contribution >= 0.6 is 0 Å². The first-order chi connectivity index (χ1) is 27.9. The number of hydrogen-bond acceptors (Lipinski definition) is 6. The molecule has 0 N–H and O–H groups in total. The normalized spacial score (nSPS) is 11.9. The van der Waals surface area contributed by atoms with Gasteiger partial charge in [0.05, 0.1) is 0 Å². The Bertz CT molecular complexity index is 857. The molecule has 0 saturated carbocycles. The second kappa shape index (κ2) is 45.5. The Hall–Kier alpha value is -1.59. The summed E-state index contributed by atoms with van der Waals surface area (Å²) < 4.78 is 16.8. The molecular weight excluding hydrogens is 709 g/mol. The number of carbonyl (C=O) groups excluding carboxylic acids is 3. The molecule has 0 aliphatic carbocycles. The minimum atomic E-state index is -0.760. The van der Waals surface area contributed by atoms with Gasteiger partial charge in [-0.15, -0.1) is 0 Å². The second-order valence-corrected chi connectivity index (χ2v) is 17.9. The topological polar surface area (TPSA) is 78.9 Å². The Labute approximate surface area is 355 Å². The van der Waals surface area contributed by atoms with Gasteiger partial charge in [-0.2, -0.15) is 0 Å². The van der Waals surface area contributed by atoms with Crippen molar-refractivity contribution in [3.8, 4) is 0 Å². The Morgan fingerprint density at radius 1 is 0.333 bits per heavy atom. The molecule has 0 spiro atoms. The summed E-state index contributed by atoms with van der Waals surface area (Å²) in [5, 5.41) is 0. The highest BCUT2D eigenvalue weighted by Gasteiger charge is 2.19. The molecule has 6 nitrogen and oxygen atoms in total. The highest BCUT2D eigenvalue weighted by atomic mass is 16.6. The van der Waals surface area contributed by atoms with Crippen LogP contribution in [0.2, 0.25) is 0 Å². The van der Waals surface area contributed by atoms with E-state index < -0.39 is 6.10 Å². The van der Waals surface area contributed by atoms with Crippen molar-refractivity contribution in [3.05, 3.63) is 0 Å². The third-order valence-electron chi connectivity index (χ3n) is 11.5. The quantitative estimate of drug-likeness (QED) is 0.0346. The summed E-state index contributed by atoms with van der Waals surface area (Å²) in [5.74, 6) is -0.0872. The van der Waals surface area contributed by atoms with Crippen LogP contribution in [0.5, 0.6) is 0 Å². The summed E-state index contributed by atoms with van der Waals surface area (Å²) >= 11 is 0. The molecule has 0 aliphatic heterocycles. The SMILES string of the molecule is CCCCCCCCCCCCCCCCCCC(=O)OC[C@@H](COC(=O)CCCCCCCCC(C)C)OC(=O)CCCCCCCCCCCCCCCC. The van der Waals surface area contributed by atoms with Crippen molar-refractivity contribution >= 4 is 17.9 Å². The highest BCUT2D eigenvalue weighted by Crippen LogP contribution is 2.17. The molecule has 0 rings (SSSR count). The fourth-order valence-electron chi connectivity index (χ4n) is 7.69. The lowest BCUT2D eigenvalue weighted by Gasteiger charge is -2.18. The van der Waals surface area contributed by atoms with Gasteiger partial charge < -0.3 is 14.2 Å². The van der Waals surface area contributed by atoms with Crippen LogP contribution in [-0.2, 0) is 28.6 Å². The molecule has 6 heteroatoms. The Morgan fingerprint density at radius 3 is 0.860 bits per heavy atom. The molecule has 0 aromatic carbocycles. The summed E-state index contributed by atoms with van der Waals surface area (Å²) in [7, 11) is 0. The molecule has 0 heterocycles. The van der Waals surface area contributed by atoms with Crippen LogP contribution in [0.4, 0.5) is 0 Å². The van der Waals surface area contributed by atoms with Crippen molar-refractivity contribution in [1.82, 2.24) is 0 Å². The summed E-state index contributed by atoms with van der Waals surface area (Å²) in [5.41, 5.74) is 0. The smallest absolute Gasteiger partial charge is 0.306 e. The number of esters is 3. The first kappa shape index (κ1) is 55.4. The standard InChI is InChI=1S/C51H98O6/c1-5-7-9-11-13-15-17-19-21-22-24-25-27-29-34-38-42-49(52)55-45-48(46-56-50(53)43-39-35-32-31-33-37-41-47(3)4)57-51(54)44-40-36-30-28-26-23-20-18-16-14-12-10-8-6-2/h47-48H,5-46H2,1-4H3/t48-/m0/s1. The molecule has 1 atom stereocenters. The number of unbranched alkanes of at least 4 members (excludes halogenated alkanes) is 33. The minimum absolute atomic E-state index is 0.0637. The van der Waals surface area contributed by atoms with E-state index in [4.69, 9.17) is 14.2 Å². The van der Waals surface area contributed by atoms with Crippen LogP contribution in [0, 0.1) is 5.92 Å². The zero-order valence-electron chi connectivity index (χ0n) is 38.8. The van der Waals surface area contributed by atoms with E-state index in [-0.39, 0.29) is 31.1 Å². The van der Waals surface area contributed by atoms with Crippen molar-refractivity contribution < 1.29 is 28.6 Å². The van der Waals surface area contributed by atoms with E-state index in [1.165, 1.54) is 180 Å². The fourth-order valence-corrected chi connectivity index (χ4v) is 7.69. The van der Waals surface area contributed by atoms with Gasteiger partial charge in [0.15, 0.2) is 6.10 Å². The molecule has 0 bridgehead atoms. The largest absolute Gasteiger partial charge is 0.462 e. The van der Waals surface area contributed by atoms with Crippen LogP contribution in [-0.4, -0.2) is 37.2 Å². The number of hydrogen-bond donors (Lipinski definition) is 0. The highest BCUT2D eigenvalue weighted by molar-refractivity contribution is 5.71. The van der Waals surface area contributed by atoms with Crippen LogP contribution in [0.1, 0.15) is 285 Å². The lowest BCUT2D eigenvalue weighted by Crippen LogP contribution is -2.30. The Morgan fingerprint density at radius 2 is 0.579 bits per heavy atom. The predicted octanol–water partition coefficient (Wildman–Crippen LogP) is 16.3. The lowest BCUT2D eigenvalue weighted by atomic mass is 10.0. The van der Waals surface area contributed by atoms with Gasteiger partial charge in [-0.05, 0) is 25.2 Å². The van der Waals surface area contributed by atoms with Gasteiger partial charge in [-0.1, -0.05) is 246 Å². The van der Waals surface area contributed by atoms with E-state index in [1.807, 2.05) is 0 Å². The van der Waals surface area contributed by atoms with Gasteiger partial charge >= 0.3 is 17.9 Å². The van der Waals surface area contributed by atoms with E-state index in [2.05, 4.69) is 27.7 Å². The molecule has 0 amide bonds. The van der Waals surface area contributed by atoms with E-state index in [0.29, 0.717) is 19.3 Å². The fraction of sp³-hybridized carbons (Fsp3) is 0.941. The maximum Gasteiger partial charge on any atom is 0.306 e. The summed E-state index contributed by atoms with van der Waals surface area (Å²) in [4.78, 5) is 37.8. The average molecular weight is 807 g/mol. The molecule has 57 heavy (non-hydrogen) atoms. The lowest BCUT2D eigenvalue weighted by molar-refractivity contribution is -0.167. The van der Waals surface area contributed by atoms with Gasteiger partial charge in [-0.25, -0.2) is 0 Å². The summed E-state index contributed by atoms with van der Waals surface area (Å²) in [6, 6.07) is 0. The molecule has 338 valence electrons. The molecular formula is C51H98O6. The van der Waals surface area contributed by atoms with Crippen molar-refractivity contribution in [2.75, 3.05) is 13.2 Å². The molecule has 0 unspecified atom stereocenters. The molecule has 0 saturated heterocycles. The van der Waals surface area contributed by atoms with Gasteiger partial charge in [0.1, 0.15) is 13.2 Å². The Kier molecular flexibility index (Phi) is 44.2. The zero-order chi connectivity index (χ0) is 41.7. The van der Waals surface area contributed by atoms with Gasteiger partial charge in [0.2, 0.25) is 0 Å². The van der Waals surface area contributed by atoms with Gasteiger partial charge in [0.25, 0.3) is 0 Å². The Balaban J connectivity index is 4.26.